The molecule has 2 aliphatic rings. The van der Waals surface area contributed by atoms with Crippen molar-refractivity contribution in [3.63, 3.8) is 0 Å². The van der Waals surface area contributed by atoms with Crippen molar-refractivity contribution in [2.45, 2.75) is 37.4 Å². The molecule has 0 N–H and O–H groups in total. The number of carbonyl (C=O) groups is 2. The summed E-state index contributed by atoms with van der Waals surface area (Å²) in [7, 11) is 0. The van der Waals surface area contributed by atoms with Crippen molar-refractivity contribution < 1.29 is 19.1 Å². The van der Waals surface area contributed by atoms with Gasteiger partial charge in [0.25, 0.3) is 0 Å². The first kappa shape index (κ1) is 18.6. The van der Waals surface area contributed by atoms with E-state index in [2.05, 4.69) is 19.1 Å². The van der Waals surface area contributed by atoms with E-state index in [0.717, 1.165) is 6.42 Å². The van der Waals surface area contributed by atoms with E-state index < -0.39 is 12.2 Å². The smallest absolute Gasteiger partial charge is 0.338 e. The van der Waals surface area contributed by atoms with Gasteiger partial charge in [-0.1, -0.05) is 54.6 Å². The second kappa shape index (κ2) is 7.45. The topological polar surface area (TPSA) is 52.6 Å². The molecule has 30 heavy (non-hydrogen) atoms. The third-order valence-electron chi connectivity index (χ3n) is 6.26. The minimum Gasteiger partial charge on any atom is -0.454 e. The quantitative estimate of drug-likeness (QED) is 0.579. The first-order valence-corrected chi connectivity index (χ1v) is 10.2. The largest absolute Gasteiger partial charge is 0.454 e. The highest BCUT2D eigenvalue weighted by atomic mass is 16.6. The third-order valence-corrected chi connectivity index (χ3v) is 6.26. The second-order valence-corrected chi connectivity index (χ2v) is 8.00. The van der Waals surface area contributed by atoms with Gasteiger partial charge < -0.3 is 9.47 Å². The van der Waals surface area contributed by atoms with Crippen LogP contribution in [0, 0.1) is 6.92 Å². The monoisotopic (exact) mass is 398 g/mol. The van der Waals surface area contributed by atoms with Crippen LogP contribution in [0.15, 0.2) is 78.9 Å². The molecule has 2 aliphatic carbocycles. The van der Waals surface area contributed by atoms with Gasteiger partial charge in [0, 0.05) is 11.8 Å². The van der Waals surface area contributed by atoms with Crippen molar-refractivity contribution >= 4 is 11.9 Å². The molecule has 2 unspecified atom stereocenters. The minimum atomic E-state index is -0.496. The molecule has 0 radical (unpaired) electrons. The summed E-state index contributed by atoms with van der Waals surface area (Å²) in [6.45, 7) is 2.08. The van der Waals surface area contributed by atoms with E-state index in [9.17, 15) is 9.59 Å². The van der Waals surface area contributed by atoms with E-state index in [0.29, 0.717) is 11.1 Å². The zero-order valence-electron chi connectivity index (χ0n) is 16.7. The van der Waals surface area contributed by atoms with E-state index >= 15 is 0 Å². The lowest BCUT2D eigenvalue weighted by Crippen LogP contribution is -2.39. The molecule has 0 heterocycles. The number of benzene rings is 3. The number of fused-ring (bicyclic) bond motifs is 5. The zero-order valence-corrected chi connectivity index (χ0v) is 16.7. The predicted octanol–water partition coefficient (Wildman–Crippen LogP) is 5.03. The van der Waals surface area contributed by atoms with Crippen LogP contribution in [0.2, 0.25) is 0 Å². The van der Waals surface area contributed by atoms with Gasteiger partial charge in [-0.15, -0.1) is 0 Å². The Bertz CT molecular complexity index is 1090. The Labute approximate surface area is 175 Å². The molecule has 0 aliphatic heterocycles. The summed E-state index contributed by atoms with van der Waals surface area (Å²) >= 11 is 0. The van der Waals surface area contributed by atoms with Gasteiger partial charge in [-0.2, -0.15) is 0 Å². The molecule has 1 fully saturated rings. The molecule has 0 spiro atoms. The molecule has 4 nitrogen and oxygen atoms in total. The van der Waals surface area contributed by atoms with Crippen LogP contribution in [0.3, 0.4) is 0 Å². The number of carbonyl (C=O) groups excluding carboxylic acids is 2. The van der Waals surface area contributed by atoms with E-state index in [4.69, 9.17) is 9.47 Å². The van der Waals surface area contributed by atoms with Crippen LogP contribution in [0.1, 0.15) is 55.7 Å². The Kier molecular flexibility index (Phi) is 4.62. The molecule has 0 amide bonds. The summed E-state index contributed by atoms with van der Waals surface area (Å²) in [5.41, 5.74) is 4.63. The Balaban J connectivity index is 1.47. The highest BCUT2D eigenvalue weighted by molar-refractivity contribution is 5.90. The first-order chi connectivity index (χ1) is 14.6. The molecule has 3 aromatic rings. The molecule has 1 saturated carbocycles. The van der Waals surface area contributed by atoms with Gasteiger partial charge in [-0.05, 0) is 54.3 Å². The Morgan fingerprint density at radius 2 is 1.23 bits per heavy atom. The lowest BCUT2D eigenvalue weighted by Gasteiger charge is -2.32. The molecule has 150 valence electrons. The first-order valence-electron chi connectivity index (χ1n) is 10.2. The number of hydrogen-bond donors (Lipinski definition) is 0. The highest BCUT2D eigenvalue weighted by Crippen LogP contribution is 2.56. The standard InChI is InChI=1S/C26H22O4/c1-16-9-8-14-19-20-15-21(22(16)19)24(30-26(28)18-12-6-3-7-13-18)23(20)29-25(27)17-10-4-2-5-11-17/h2-14,20-21,23-24H,15H2,1H3/t20?,21?,23-,24+/m0/s1. The molecule has 2 bridgehead atoms. The van der Waals surface area contributed by atoms with Gasteiger partial charge in [0.2, 0.25) is 0 Å². The average molecular weight is 398 g/mol. The fourth-order valence-electron chi connectivity index (χ4n) is 4.95. The fourth-order valence-corrected chi connectivity index (χ4v) is 4.95. The molecular formula is C26H22O4. The highest BCUT2D eigenvalue weighted by Gasteiger charge is 2.55. The van der Waals surface area contributed by atoms with Crippen molar-refractivity contribution in [3.05, 3.63) is 107 Å². The van der Waals surface area contributed by atoms with Crippen LogP contribution in [0.4, 0.5) is 0 Å². The molecule has 0 saturated heterocycles. The molecule has 3 aromatic carbocycles. The van der Waals surface area contributed by atoms with Gasteiger partial charge in [0.05, 0.1) is 11.1 Å². The number of ether oxygens (including phenoxy) is 2. The molecule has 4 atom stereocenters. The van der Waals surface area contributed by atoms with Gasteiger partial charge in [-0.3, -0.25) is 0 Å². The van der Waals surface area contributed by atoms with Crippen molar-refractivity contribution in [1.29, 1.82) is 0 Å². The maximum Gasteiger partial charge on any atom is 0.338 e. The Morgan fingerprint density at radius 3 is 1.80 bits per heavy atom. The minimum absolute atomic E-state index is 0.0335. The van der Waals surface area contributed by atoms with Gasteiger partial charge in [0.15, 0.2) is 0 Å². The van der Waals surface area contributed by atoms with Gasteiger partial charge in [0.1, 0.15) is 12.2 Å². The van der Waals surface area contributed by atoms with Crippen LogP contribution >= 0.6 is 0 Å². The lowest BCUT2D eigenvalue weighted by atomic mass is 9.85. The number of esters is 2. The number of hydrogen-bond acceptors (Lipinski definition) is 4. The predicted molar refractivity (Wildman–Crippen MR) is 113 cm³/mol. The maximum atomic E-state index is 12.8. The summed E-state index contributed by atoms with van der Waals surface area (Å²) in [6.07, 6.45) is -0.173. The van der Waals surface area contributed by atoms with Crippen molar-refractivity contribution in [3.8, 4) is 0 Å². The summed E-state index contributed by atoms with van der Waals surface area (Å²) in [5.74, 6) is -0.703. The fraction of sp³-hybridized carbons (Fsp3) is 0.231. The number of rotatable bonds is 4. The number of aryl methyl sites for hydroxylation is 1. The molecular weight excluding hydrogens is 376 g/mol. The molecule has 5 rings (SSSR count). The maximum absolute atomic E-state index is 12.8. The summed E-state index contributed by atoms with van der Waals surface area (Å²) in [4.78, 5) is 25.6. The zero-order chi connectivity index (χ0) is 20.7. The molecule has 0 aromatic heterocycles. The SMILES string of the molecule is Cc1cccc2c1C1CC2[C@H](OC(=O)c2ccccc2)[C@@H]1OC(=O)c1ccccc1. The van der Waals surface area contributed by atoms with Crippen LogP contribution < -0.4 is 0 Å². The van der Waals surface area contributed by atoms with Crippen LogP contribution in [-0.2, 0) is 9.47 Å². The van der Waals surface area contributed by atoms with Gasteiger partial charge >= 0.3 is 11.9 Å². The second-order valence-electron chi connectivity index (χ2n) is 8.00. The van der Waals surface area contributed by atoms with E-state index in [1.165, 1.54) is 16.7 Å². The van der Waals surface area contributed by atoms with Crippen molar-refractivity contribution in [1.82, 2.24) is 0 Å². The van der Waals surface area contributed by atoms with E-state index in [1.54, 1.807) is 24.3 Å². The van der Waals surface area contributed by atoms with Crippen LogP contribution in [0.5, 0.6) is 0 Å². The lowest BCUT2D eigenvalue weighted by molar-refractivity contribution is -0.0349. The summed E-state index contributed by atoms with van der Waals surface area (Å²) in [6, 6.07) is 24.1. The van der Waals surface area contributed by atoms with Crippen LogP contribution in [0.25, 0.3) is 0 Å². The normalized spacial score (nSPS) is 23.6. The van der Waals surface area contributed by atoms with Crippen molar-refractivity contribution in [2.75, 3.05) is 0 Å². The van der Waals surface area contributed by atoms with E-state index in [-0.39, 0.29) is 23.8 Å². The van der Waals surface area contributed by atoms with E-state index in [1.807, 2.05) is 42.5 Å². The molecule has 4 heteroatoms. The Hall–Kier alpha value is -3.40. The summed E-state index contributed by atoms with van der Waals surface area (Å²) in [5, 5.41) is 0. The third kappa shape index (κ3) is 3.09. The summed E-state index contributed by atoms with van der Waals surface area (Å²) < 4.78 is 11.9. The average Bonchev–Trinajstić information content (AvgIpc) is 3.32. The van der Waals surface area contributed by atoms with Crippen molar-refractivity contribution in [2.24, 2.45) is 0 Å². The van der Waals surface area contributed by atoms with Gasteiger partial charge in [-0.25, -0.2) is 9.59 Å². The van der Waals surface area contributed by atoms with Crippen LogP contribution in [-0.4, -0.2) is 24.1 Å². The Morgan fingerprint density at radius 1 is 0.700 bits per heavy atom.